The van der Waals surface area contributed by atoms with Crippen LogP contribution in [-0.4, -0.2) is 24.6 Å². The molecule has 2 aromatic rings. The van der Waals surface area contributed by atoms with Crippen LogP contribution >= 0.6 is 11.6 Å². The van der Waals surface area contributed by atoms with E-state index in [0.717, 1.165) is 5.69 Å². The topological polar surface area (TPSA) is 58.6 Å². The molecule has 1 fully saturated rings. The Hall–Kier alpha value is -2.53. The summed E-state index contributed by atoms with van der Waals surface area (Å²) in [4.78, 5) is 25.9. The van der Waals surface area contributed by atoms with Crippen molar-refractivity contribution in [3.05, 3.63) is 59.6 Å². The lowest BCUT2D eigenvalue weighted by atomic mass is 10.2. The van der Waals surface area contributed by atoms with Crippen molar-refractivity contribution in [2.45, 2.75) is 12.5 Å². The minimum Gasteiger partial charge on any atom is -0.410 e. The highest BCUT2D eigenvalue weighted by Crippen LogP contribution is 2.23. The van der Waals surface area contributed by atoms with E-state index in [1.165, 1.54) is 0 Å². The van der Waals surface area contributed by atoms with Crippen molar-refractivity contribution in [3.63, 3.8) is 0 Å². The number of halogens is 1. The second-order valence-electron chi connectivity index (χ2n) is 5.15. The summed E-state index contributed by atoms with van der Waals surface area (Å²) in [5.74, 6) is 0.280. The summed E-state index contributed by atoms with van der Waals surface area (Å²) in [5.41, 5.74) is 0.764. The van der Waals surface area contributed by atoms with Gasteiger partial charge in [-0.1, -0.05) is 29.8 Å². The van der Waals surface area contributed by atoms with Crippen LogP contribution in [0.3, 0.4) is 0 Å². The number of para-hydroxylation sites is 1. The van der Waals surface area contributed by atoms with E-state index in [1.54, 1.807) is 53.4 Å². The van der Waals surface area contributed by atoms with Gasteiger partial charge >= 0.3 is 6.09 Å². The molecule has 1 saturated heterocycles. The van der Waals surface area contributed by atoms with Gasteiger partial charge in [0, 0.05) is 17.3 Å². The maximum atomic E-state index is 12.4. The van der Waals surface area contributed by atoms with Crippen molar-refractivity contribution in [3.8, 4) is 5.75 Å². The molecule has 2 aromatic carbocycles. The number of nitrogens with one attached hydrogen (secondary N) is 1. The molecule has 1 aliphatic heterocycles. The Balaban J connectivity index is 1.61. The van der Waals surface area contributed by atoms with Gasteiger partial charge in [0.2, 0.25) is 5.91 Å². The number of ether oxygens (including phenoxy) is 1. The first-order valence-corrected chi connectivity index (χ1v) is 7.61. The SMILES string of the molecule is O=C(N[C@@H]1CCN(c2ccc(Cl)cc2)C1=O)Oc1ccccc1. The fourth-order valence-corrected chi connectivity index (χ4v) is 2.58. The smallest absolute Gasteiger partial charge is 0.410 e. The predicted octanol–water partition coefficient (Wildman–Crippen LogP) is 3.23. The molecule has 0 radical (unpaired) electrons. The Morgan fingerprint density at radius 1 is 1.13 bits per heavy atom. The first-order valence-electron chi connectivity index (χ1n) is 7.24. The second kappa shape index (κ2) is 6.71. The summed E-state index contributed by atoms with van der Waals surface area (Å²) in [7, 11) is 0. The van der Waals surface area contributed by atoms with Gasteiger partial charge in [0.1, 0.15) is 11.8 Å². The van der Waals surface area contributed by atoms with E-state index in [4.69, 9.17) is 16.3 Å². The van der Waals surface area contributed by atoms with E-state index >= 15 is 0 Å². The van der Waals surface area contributed by atoms with Gasteiger partial charge in [-0.3, -0.25) is 4.79 Å². The molecule has 23 heavy (non-hydrogen) atoms. The predicted molar refractivity (Wildman–Crippen MR) is 87.8 cm³/mol. The summed E-state index contributed by atoms with van der Waals surface area (Å²) < 4.78 is 5.14. The second-order valence-corrected chi connectivity index (χ2v) is 5.59. The third-order valence-corrected chi connectivity index (χ3v) is 3.84. The number of hydrogen-bond acceptors (Lipinski definition) is 3. The Kier molecular flexibility index (Phi) is 4.48. The fraction of sp³-hybridized carbons (Fsp3) is 0.176. The number of carbonyl (C=O) groups is 2. The van der Waals surface area contributed by atoms with Gasteiger partial charge < -0.3 is 15.0 Å². The number of nitrogens with zero attached hydrogens (tertiary/aromatic N) is 1. The summed E-state index contributed by atoms with van der Waals surface area (Å²) in [6.07, 6.45) is -0.0989. The molecule has 0 spiro atoms. The highest BCUT2D eigenvalue weighted by Gasteiger charge is 2.34. The summed E-state index contributed by atoms with van der Waals surface area (Å²) in [5, 5.41) is 3.22. The molecule has 2 amide bonds. The van der Waals surface area contributed by atoms with Crippen molar-refractivity contribution < 1.29 is 14.3 Å². The maximum Gasteiger partial charge on any atom is 0.413 e. The molecule has 118 valence electrons. The van der Waals surface area contributed by atoms with E-state index in [1.807, 2.05) is 6.07 Å². The van der Waals surface area contributed by atoms with Gasteiger partial charge in [-0.25, -0.2) is 4.79 Å². The molecule has 0 bridgehead atoms. The lowest BCUT2D eigenvalue weighted by Crippen LogP contribution is -2.42. The van der Waals surface area contributed by atoms with Crippen LogP contribution in [0.2, 0.25) is 5.02 Å². The zero-order valence-electron chi connectivity index (χ0n) is 12.2. The van der Waals surface area contributed by atoms with Gasteiger partial charge in [-0.2, -0.15) is 0 Å². The highest BCUT2D eigenvalue weighted by molar-refractivity contribution is 6.30. The van der Waals surface area contributed by atoms with Crippen LogP contribution in [0, 0.1) is 0 Å². The van der Waals surface area contributed by atoms with Crippen molar-refractivity contribution in [2.24, 2.45) is 0 Å². The zero-order valence-corrected chi connectivity index (χ0v) is 13.0. The maximum absolute atomic E-state index is 12.4. The van der Waals surface area contributed by atoms with Gasteiger partial charge in [0.15, 0.2) is 0 Å². The molecule has 0 aromatic heterocycles. The van der Waals surface area contributed by atoms with Crippen molar-refractivity contribution in [2.75, 3.05) is 11.4 Å². The van der Waals surface area contributed by atoms with E-state index in [-0.39, 0.29) is 5.91 Å². The molecule has 0 saturated carbocycles. The van der Waals surface area contributed by atoms with E-state index < -0.39 is 12.1 Å². The molecule has 5 nitrogen and oxygen atoms in total. The van der Waals surface area contributed by atoms with Crippen LogP contribution in [0.1, 0.15) is 6.42 Å². The Labute approximate surface area is 138 Å². The average Bonchev–Trinajstić information content (AvgIpc) is 2.90. The molecular formula is C17H15ClN2O3. The monoisotopic (exact) mass is 330 g/mol. The Morgan fingerprint density at radius 2 is 1.83 bits per heavy atom. The fourth-order valence-electron chi connectivity index (χ4n) is 2.46. The van der Waals surface area contributed by atoms with Gasteiger partial charge in [0.05, 0.1) is 0 Å². The van der Waals surface area contributed by atoms with Crippen LogP contribution < -0.4 is 15.0 Å². The quantitative estimate of drug-likeness (QED) is 0.940. The third-order valence-electron chi connectivity index (χ3n) is 3.59. The number of hydrogen-bond donors (Lipinski definition) is 1. The van der Waals surface area contributed by atoms with E-state index in [9.17, 15) is 9.59 Å². The largest absolute Gasteiger partial charge is 0.413 e. The normalized spacial score (nSPS) is 17.2. The van der Waals surface area contributed by atoms with Crippen LogP contribution in [0.25, 0.3) is 0 Å². The number of rotatable bonds is 3. The summed E-state index contributed by atoms with van der Waals surface area (Å²) in [6, 6.07) is 15.2. The number of amides is 2. The minimum atomic E-state index is -0.632. The minimum absolute atomic E-state index is 0.155. The molecule has 1 aliphatic rings. The van der Waals surface area contributed by atoms with Crippen molar-refractivity contribution in [1.29, 1.82) is 0 Å². The van der Waals surface area contributed by atoms with Gasteiger partial charge in [0.25, 0.3) is 0 Å². The third kappa shape index (κ3) is 3.63. The Morgan fingerprint density at radius 3 is 2.52 bits per heavy atom. The first kappa shape index (κ1) is 15.4. The van der Waals surface area contributed by atoms with Crippen LogP contribution in [0.4, 0.5) is 10.5 Å². The summed E-state index contributed by atoms with van der Waals surface area (Å²) >= 11 is 5.85. The lowest BCUT2D eigenvalue weighted by Gasteiger charge is -2.17. The van der Waals surface area contributed by atoms with Crippen LogP contribution in [0.15, 0.2) is 54.6 Å². The standard InChI is InChI=1S/C17H15ClN2O3/c18-12-6-8-13(9-7-12)20-11-10-15(16(20)21)19-17(22)23-14-4-2-1-3-5-14/h1-9,15H,10-11H2,(H,19,22)/t15-/m1/s1. The van der Waals surface area contributed by atoms with Crippen molar-refractivity contribution in [1.82, 2.24) is 5.32 Å². The van der Waals surface area contributed by atoms with E-state index in [2.05, 4.69) is 5.32 Å². The van der Waals surface area contributed by atoms with Gasteiger partial charge in [-0.05, 0) is 42.8 Å². The van der Waals surface area contributed by atoms with Crippen LogP contribution in [-0.2, 0) is 4.79 Å². The average molecular weight is 331 g/mol. The highest BCUT2D eigenvalue weighted by atomic mass is 35.5. The molecule has 1 atom stereocenters. The van der Waals surface area contributed by atoms with Crippen molar-refractivity contribution >= 4 is 29.3 Å². The molecule has 3 rings (SSSR count). The molecule has 6 heteroatoms. The lowest BCUT2D eigenvalue weighted by molar-refractivity contribution is -0.118. The number of benzene rings is 2. The number of carbonyl (C=O) groups excluding carboxylic acids is 2. The van der Waals surface area contributed by atoms with Gasteiger partial charge in [-0.15, -0.1) is 0 Å². The molecular weight excluding hydrogens is 316 g/mol. The van der Waals surface area contributed by atoms with E-state index in [0.29, 0.717) is 23.7 Å². The first-order chi connectivity index (χ1) is 11.1. The summed E-state index contributed by atoms with van der Waals surface area (Å²) in [6.45, 7) is 0.538. The zero-order chi connectivity index (χ0) is 16.2. The number of anilines is 1. The molecule has 1 heterocycles. The molecule has 0 aliphatic carbocycles. The van der Waals surface area contributed by atoms with Crippen LogP contribution in [0.5, 0.6) is 5.75 Å². The molecule has 0 unspecified atom stereocenters. The Bertz CT molecular complexity index is 704. The molecule has 1 N–H and O–H groups in total.